The molecule has 0 aliphatic heterocycles. The average molecular weight is 190 g/mol. The first-order valence-electron chi connectivity index (χ1n) is 5.41. The lowest BCUT2D eigenvalue weighted by atomic mass is 9.97. The van der Waals surface area contributed by atoms with Crippen LogP contribution in [0, 0.1) is 0 Å². The van der Waals surface area contributed by atoms with Crippen molar-refractivity contribution in [3.63, 3.8) is 0 Å². The number of nitrogens with two attached hydrogens (primary N) is 1. The predicted octanol–water partition coefficient (Wildman–Crippen LogP) is 2.19. The second kappa shape index (κ2) is 3.70. The molecule has 1 aliphatic rings. The van der Waals surface area contributed by atoms with Crippen molar-refractivity contribution in [3.05, 3.63) is 29.1 Å². The summed E-state index contributed by atoms with van der Waals surface area (Å²) >= 11 is 0. The summed E-state index contributed by atoms with van der Waals surface area (Å²) in [4.78, 5) is 4.47. The van der Waals surface area contributed by atoms with Crippen molar-refractivity contribution < 1.29 is 0 Å². The second-order valence-corrected chi connectivity index (χ2v) is 4.39. The number of rotatable bonds is 2. The van der Waals surface area contributed by atoms with E-state index in [2.05, 4.69) is 24.9 Å². The van der Waals surface area contributed by atoms with Crippen molar-refractivity contribution in [1.82, 2.24) is 4.98 Å². The fraction of sp³-hybridized carbons (Fsp3) is 0.583. The average Bonchev–Trinajstić information content (AvgIpc) is 2.59. The van der Waals surface area contributed by atoms with Gasteiger partial charge < -0.3 is 5.73 Å². The minimum Gasteiger partial charge on any atom is -0.330 e. The molecule has 0 spiro atoms. The summed E-state index contributed by atoms with van der Waals surface area (Å²) in [7, 11) is 0. The summed E-state index contributed by atoms with van der Waals surface area (Å²) < 4.78 is 0. The monoisotopic (exact) mass is 190 g/mol. The van der Waals surface area contributed by atoms with Crippen LogP contribution in [0.5, 0.6) is 0 Å². The zero-order valence-corrected chi connectivity index (χ0v) is 8.96. The predicted molar refractivity (Wildman–Crippen MR) is 58.4 cm³/mol. The van der Waals surface area contributed by atoms with Gasteiger partial charge in [0.05, 0.1) is 0 Å². The van der Waals surface area contributed by atoms with Crippen molar-refractivity contribution in [1.29, 1.82) is 0 Å². The van der Waals surface area contributed by atoms with Crippen LogP contribution in [-0.2, 0) is 6.42 Å². The number of hydrogen-bond acceptors (Lipinski definition) is 2. The standard InChI is InChI=1S/C12H18N2/c1-8(2)10-5-6-14-12-9(7-13)3-4-11(10)12/h5-6,8-9H,3-4,7,13H2,1-2H3. The highest BCUT2D eigenvalue weighted by Crippen LogP contribution is 2.34. The number of hydrogen-bond donors (Lipinski definition) is 1. The number of aromatic nitrogens is 1. The van der Waals surface area contributed by atoms with E-state index in [0.29, 0.717) is 11.8 Å². The Bertz CT molecular complexity index is 331. The zero-order valence-electron chi connectivity index (χ0n) is 8.96. The van der Waals surface area contributed by atoms with E-state index in [4.69, 9.17) is 5.73 Å². The molecule has 2 nitrogen and oxygen atoms in total. The maximum absolute atomic E-state index is 5.73. The van der Waals surface area contributed by atoms with E-state index < -0.39 is 0 Å². The van der Waals surface area contributed by atoms with E-state index in [1.807, 2.05) is 6.20 Å². The van der Waals surface area contributed by atoms with Gasteiger partial charge in [0.15, 0.2) is 0 Å². The second-order valence-electron chi connectivity index (χ2n) is 4.39. The van der Waals surface area contributed by atoms with Gasteiger partial charge in [0.1, 0.15) is 0 Å². The van der Waals surface area contributed by atoms with Gasteiger partial charge in [0.2, 0.25) is 0 Å². The molecule has 76 valence electrons. The zero-order chi connectivity index (χ0) is 10.1. The molecule has 1 aromatic heterocycles. The van der Waals surface area contributed by atoms with Gasteiger partial charge in [0.25, 0.3) is 0 Å². The van der Waals surface area contributed by atoms with Crippen LogP contribution in [0.4, 0.5) is 0 Å². The number of nitrogens with zero attached hydrogens (tertiary/aromatic N) is 1. The van der Waals surface area contributed by atoms with E-state index in [-0.39, 0.29) is 0 Å². The molecule has 0 amide bonds. The first kappa shape index (κ1) is 9.66. The molecule has 1 aromatic rings. The highest BCUT2D eigenvalue weighted by atomic mass is 14.7. The molecule has 2 rings (SSSR count). The van der Waals surface area contributed by atoms with E-state index >= 15 is 0 Å². The van der Waals surface area contributed by atoms with Gasteiger partial charge >= 0.3 is 0 Å². The van der Waals surface area contributed by atoms with Crippen molar-refractivity contribution in [3.8, 4) is 0 Å². The van der Waals surface area contributed by atoms with Crippen LogP contribution in [0.3, 0.4) is 0 Å². The summed E-state index contributed by atoms with van der Waals surface area (Å²) in [6.45, 7) is 5.22. The molecule has 0 fully saturated rings. The molecule has 0 saturated heterocycles. The van der Waals surface area contributed by atoms with Crippen molar-refractivity contribution in [2.75, 3.05) is 6.54 Å². The van der Waals surface area contributed by atoms with Crippen LogP contribution >= 0.6 is 0 Å². The minimum atomic E-state index is 0.503. The normalized spacial score (nSPS) is 20.1. The van der Waals surface area contributed by atoms with E-state index in [1.165, 1.54) is 29.7 Å². The van der Waals surface area contributed by atoms with Crippen LogP contribution in [0.1, 0.15) is 48.9 Å². The lowest BCUT2D eigenvalue weighted by Crippen LogP contribution is -2.10. The van der Waals surface area contributed by atoms with Crippen LogP contribution in [-0.4, -0.2) is 11.5 Å². The van der Waals surface area contributed by atoms with Crippen molar-refractivity contribution in [2.24, 2.45) is 5.73 Å². The molecular weight excluding hydrogens is 172 g/mol. The Balaban J connectivity index is 2.44. The maximum Gasteiger partial charge on any atom is 0.0481 e. The number of fused-ring (bicyclic) bond motifs is 1. The Hall–Kier alpha value is -0.890. The van der Waals surface area contributed by atoms with Crippen LogP contribution in [0.15, 0.2) is 12.3 Å². The third kappa shape index (κ3) is 1.44. The highest BCUT2D eigenvalue weighted by Gasteiger charge is 2.25. The molecule has 0 aromatic carbocycles. The molecule has 0 bridgehead atoms. The van der Waals surface area contributed by atoms with Gasteiger partial charge in [-0.1, -0.05) is 13.8 Å². The van der Waals surface area contributed by atoms with E-state index in [0.717, 1.165) is 6.54 Å². The maximum atomic E-state index is 5.73. The Labute approximate surface area is 85.5 Å². The smallest absolute Gasteiger partial charge is 0.0481 e. The lowest BCUT2D eigenvalue weighted by Gasteiger charge is -2.12. The molecule has 1 atom stereocenters. The first-order valence-corrected chi connectivity index (χ1v) is 5.41. The Morgan fingerprint density at radius 3 is 3.00 bits per heavy atom. The molecule has 14 heavy (non-hydrogen) atoms. The van der Waals surface area contributed by atoms with Crippen LogP contribution in [0.2, 0.25) is 0 Å². The van der Waals surface area contributed by atoms with Gasteiger partial charge in [-0.2, -0.15) is 0 Å². The van der Waals surface area contributed by atoms with Gasteiger partial charge in [-0.25, -0.2) is 0 Å². The fourth-order valence-electron chi connectivity index (χ4n) is 2.37. The first-order chi connectivity index (χ1) is 6.74. The van der Waals surface area contributed by atoms with Crippen LogP contribution < -0.4 is 5.73 Å². The van der Waals surface area contributed by atoms with Gasteiger partial charge in [-0.15, -0.1) is 0 Å². The van der Waals surface area contributed by atoms with Gasteiger partial charge in [-0.3, -0.25) is 4.98 Å². The van der Waals surface area contributed by atoms with Crippen LogP contribution in [0.25, 0.3) is 0 Å². The summed E-state index contributed by atoms with van der Waals surface area (Å²) in [6.07, 6.45) is 4.28. The summed E-state index contributed by atoms with van der Waals surface area (Å²) in [5, 5.41) is 0. The Morgan fingerprint density at radius 2 is 2.36 bits per heavy atom. The molecule has 1 heterocycles. The van der Waals surface area contributed by atoms with Crippen molar-refractivity contribution >= 4 is 0 Å². The van der Waals surface area contributed by atoms with Gasteiger partial charge in [-0.05, 0) is 36.0 Å². The summed E-state index contributed by atoms with van der Waals surface area (Å²) in [6, 6.07) is 2.16. The molecule has 0 radical (unpaired) electrons. The third-order valence-corrected chi connectivity index (χ3v) is 3.16. The highest BCUT2D eigenvalue weighted by molar-refractivity contribution is 5.38. The number of pyridine rings is 1. The molecule has 1 aliphatic carbocycles. The Kier molecular flexibility index (Phi) is 2.55. The summed E-state index contributed by atoms with van der Waals surface area (Å²) in [5.41, 5.74) is 9.93. The third-order valence-electron chi connectivity index (χ3n) is 3.16. The fourth-order valence-corrected chi connectivity index (χ4v) is 2.37. The SMILES string of the molecule is CC(C)c1ccnc2c1CCC2CN. The minimum absolute atomic E-state index is 0.503. The topological polar surface area (TPSA) is 38.9 Å². The van der Waals surface area contributed by atoms with Crippen molar-refractivity contribution in [2.45, 2.75) is 38.5 Å². The van der Waals surface area contributed by atoms with Gasteiger partial charge in [0, 0.05) is 24.4 Å². The summed E-state index contributed by atoms with van der Waals surface area (Å²) in [5.74, 6) is 1.10. The molecular formula is C12H18N2. The molecule has 1 unspecified atom stereocenters. The Morgan fingerprint density at radius 1 is 1.57 bits per heavy atom. The van der Waals surface area contributed by atoms with E-state index in [9.17, 15) is 0 Å². The molecule has 0 saturated carbocycles. The molecule has 2 N–H and O–H groups in total. The van der Waals surface area contributed by atoms with E-state index in [1.54, 1.807) is 0 Å². The quantitative estimate of drug-likeness (QED) is 0.776. The lowest BCUT2D eigenvalue weighted by molar-refractivity contribution is 0.674. The molecule has 2 heteroatoms. The largest absolute Gasteiger partial charge is 0.330 e.